The normalized spacial score (nSPS) is 17.5. The monoisotopic (exact) mass is 460 g/mol. The summed E-state index contributed by atoms with van der Waals surface area (Å²) in [6.07, 6.45) is -2.49. The molecule has 0 aliphatic carbocycles. The lowest BCUT2D eigenvalue weighted by Gasteiger charge is -2.19. The predicted molar refractivity (Wildman–Crippen MR) is 98.1 cm³/mol. The molecule has 2 aromatic rings. The topological polar surface area (TPSA) is 38.1 Å². The average Bonchev–Trinajstić information content (AvgIpc) is 2.75. The van der Waals surface area contributed by atoms with Crippen molar-refractivity contribution in [2.75, 3.05) is 13.1 Å². The van der Waals surface area contributed by atoms with E-state index >= 15 is 0 Å². The van der Waals surface area contributed by atoms with Crippen LogP contribution in [0, 0.1) is 0 Å². The first kappa shape index (κ1) is 20.8. The summed E-state index contributed by atoms with van der Waals surface area (Å²) in [5, 5.41) is 3.32. The van der Waals surface area contributed by atoms with E-state index in [4.69, 9.17) is 16.0 Å². The zero-order valence-corrected chi connectivity index (χ0v) is 16.6. The van der Waals surface area contributed by atoms with Gasteiger partial charge in [0.05, 0.1) is 4.29 Å². The van der Waals surface area contributed by atoms with E-state index in [0.29, 0.717) is 6.42 Å². The fourth-order valence-corrected chi connectivity index (χ4v) is 4.12. The maximum Gasteiger partial charge on any atom is 0.468 e. The summed E-state index contributed by atoms with van der Waals surface area (Å²) in [6, 6.07) is 1.74. The van der Waals surface area contributed by atoms with Crippen molar-refractivity contribution in [1.29, 1.82) is 0 Å². The van der Waals surface area contributed by atoms with E-state index in [-0.39, 0.29) is 33.7 Å². The quantitative estimate of drug-likeness (QED) is 0.621. The third kappa shape index (κ3) is 4.43. The van der Waals surface area contributed by atoms with Gasteiger partial charge >= 0.3 is 12.1 Å². The molecule has 0 bridgehead atoms. The molecule has 1 aromatic carbocycles. The number of hydrogen-bond acceptors (Lipinski definition) is 3. The van der Waals surface area contributed by atoms with Gasteiger partial charge in [-0.2, -0.15) is 13.2 Å². The number of benzene rings is 1. The van der Waals surface area contributed by atoms with E-state index in [1.54, 1.807) is 6.07 Å². The molecule has 3 rings (SSSR count). The number of aromatic nitrogens is 1. The second-order valence-electron chi connectivity index (χ2n) is 6.07. The van der Waals surface area contributed by atoms with E-state index in [2.05, 4.69) is 26.2 Å². The van der Waals surface area contributed by atoms with E-state index in [1.165, 1.54) is 0 Å². The lowest BCUT2D eigenvalue weighted by atomic mass is 9.87. The number of oxazole rings is 1. The molecule has 140 valence electrons. The summed E-state index contributed by atoms with van der Waals surface area (Å²) >= 11 is 9.36. The van der Waals surface area contributed by atoms with Crippen LogP contribution in [-0.4, -0.2) is 22.4 Å². The van der Waals surface area contributed by atoms with Crippen molar-refractivity contribution in [2.24, 2.45) is 0 Å². The third-order valence-electron chi connectivity index (χ3n) is 4.31. The van der Waals surface area contributed by atoms with Gasteiger partial charge in [0, 0.05) is 5.56 Å². The summed E-state index contributed by atoms with van der Waals surface area (Å²) in [7, 11) is 0. The lowest BCUT2D eigenvalue weighted by Crippen LogP contribution is -2.16. The highest BCUT2D eigenvalue weighted by Crippen LogP contribution is 2.39. The Balaban J connectivity index is 0.00000225. The van der Waals surface area contributed by atoms with Crippen molar-refractivity contribution in [3.63, 3.8) is 0 Å². The molecular formula is C16H18BrCl2F3N2O. The molecule has 9 heteroatoms. The van der Waals surface area contributed by atoms with Crippen LogP contribution in [0.25, 0.3) is 11.1 Å². The SMILES string of the molecule is CC(CC(Cl)Br)c1c2c(cc3nc(C(F)(F)F)oc13)CCNCC2.Cl. The number of hydrogen-bond donors (Lipinski definition) is 1. The highest BCUT2D eigenvalue weighted by molar-refractivity contribution is 9.10. The summed E-state index contributed by atoms with van der Waals surface area (Å²) < 4.78 is 44.0. The highest BCUT2D eigenvalue weighted by atomic mass is 79.9. The van der Waals surface area contributed by atoms with Crippen LogP contribution < -0.4 is 5.32 Å². The molecule has 1 aromatic heterocycles. The van der Waals surface area contributed by atoms with Crippen LogP contribution in [0.2, 0.25) is 0 Å². The molecule has 3 nitrogen and oxygen atoms in total. The van der Waals surface area contributed by atoms with Crippen LogP contribution in [-0.2, 0) is 19.0 Å². The Hall–Kier alpha value is -0.500. The van der Waals surface area contributed by atoms with Crippen molar-refractivity contribution in [2.45, 2.75) is 42.6 Å². The van der Waals surface area contributed by atoms with Gasteiger partial charge in [-0.05, 0) is 55.5 Å². The van der Waals surface area contributed by atoms with Gasteiger partial charge in [-0.1, -0.05) is 22.9 Å². The Morgan fingerprint density at radius 3 is 2.68 bits per heavy atom. The van der Waals surface area contributed by atoms with Crippen LogP contribution in [0.3, 0.4) is 0 Å². The number of nitrogens with zero attached hydrogens (tertiary/aromatic N) is 1. The fraction of sp³-hybridized carbons (Fsp3) is 0.562. The standard InChI is InChI=1S/C16H17BrClF3N2O.ClH/c1-8(6-12(17)18)13-10-3-5-22-4-2-9(10)7-11-14(13)24-15(23-11)16(19,20)21;/h7-8,12,22H,2-6H2,1H3;1H. The number of nitrogens with one attached hydrogen (secondary N) is 1. The van der Waals surface area contributed by atoms with E-state index in [0.717, 1.165) is 42.6 Å². The number of alkyl halides is 5. The number of fused-ring (bicyclic) bond motifs is 2. The van der Waals surface area contributed by atoms with Crippen LogP contribution in [0.15, 0.2) is 10.5 Å². The third-order valence-corrected chi connectivity index (χ3v) is 4.86. The predicted octanol–water partition coefficient (Wildman–Crippen LogP) is 5.41. The molecule has 25 heavy (non-hydrogen) atoms. The van der Waals surface area contributed by atoms with E-state index < -0.39 is 12.1 Å². The molecule has 1 aliphatic rings. The van der Waals surface area contributed by atoms with Gasteiger partial charge in [0.2, 0.25) is 0 Å². The largest absolute Gasteiger partial charge is 0.468 e. The number of rotatable bonds is 3. The smallest absolute Gasteiger partial charge is 0.433 e. The zero-order valence-electron chi connectivity index (χ0n) is 13.4. The van der Waals surface area contributed by atoms with Crippen LogP contribution >= 0.6 is 39.9 Å². The van der Waals surface area contributed by atoms with Crippen LogP contribution in [0.5, 0.6) is 0 Å². The molecule has 0 amide bonds. The Morgan fingerprint density at radius 1 is 1.36 bits per heavy atom. The summed E-state index contributed by atoms with van der Waals surface area (Å²) in [6.45, 7) is 3.55. The molecule has 0 spiro atoms. The van der Waals surface area contributed by atoms with Crippen LogP contribution in [0.4, 0.5) is 13.2 Å². The van der Waals surface area contributed by atoms with Gasteiger partial charge in [-0.25, -0.2) is 4.98 Å². The second-order valence-corrected chi connectivity index (χ2v) is 8.23. The second kappa shape index (κ2) is 8.03. The summed E-state index contributed by atoms with van der Waals surface area (Å²) in [4.78, 5) is 3.69. The molecule has 0 radical (unpaired) electrons. The molecule has 0 saturated carbocycles. The Labute approximate surface area is 163 Å². The van der Waals surface area contributed by atoms with Crippen molar-refractivity contribution in [3.8, 4) is 0 Å². The Bertz CT molecular complexity index is 749. The minimum Gasteiger partial charge on any atom is -0.433 e. The highest BCUT2D eigenvalue weighted by Gasteiger charge is 2.38. The maximum absolute atomic E-state index is 13.0. The van der Waals surface area contributed by atoms with Crippen molar-refractivity contribution < 1.29 is 17.6 Å². The molecule has 2 unspecified atom stereocenters. The first-order valence-corrected chi connectivity index (χ1v) is 9.14. The Morgan fingerprint density at radius 2 is 2.04 bits per heavy atom. The fourth-order valence-electron chi connectivity index (χ4n) is 3.29. The molecule has 2 heterocycles. The van der Waals surface area contributed by atoms with Crippen molar-refractivity contribution >= 4 is 51.0 Å². The molecule has 0 saturated heterocycles. The maximum atomic E-state index is 13.0. The summed E-state index contributed by atoms with van der Waals surface area (Å²) in [5.41, 5.74) is 3.41. The van der Waals surface area contributed by atoms with Gasteiger partial charge in [0.15, 0.2) is 5.58 Å². The zero-order chi connectivity index (χ0) is 17.5. The Kier molecular flexibility index (Phi) is 6.68. The molecule has 1 N–H and O–H groups in total. The van der Waals surface area contributed by atoms with Crippen molar-refractivity contribution in [3.05, 3.63) is 28.6 Å². The minimum absolute atomic E-state index is 0. The summed E-state index contributed by atoms with van der Waals surface area (Å²) in [5.74, 6) is -1.23. The lowest BCUT2D eigenvalue weighted by molar-refractivity contribution is -0.156. The number of halogens is 6. The van der Waals surface area contributed by atoms with Gasteiger partial charge in [0.1, 0.15) is 5.52 Å². The van der Waals surface area contributed by atoms with Gasteiger partial charge in [-0.3, -0.25) is 0 Å². The first-order chi connectivity index (χ1) is 11.3. The minimum atomic E-state index is -4.59. The van der Waals surface area contributed by atoms with E-state index in [9.17, 15) is 13.2 Å². The molecule has 0 fully saturated rings. The van der Waals surface area contributed by atoms with Gasteiger partial charge in [0.25, 0.3) is 0 Å². The first-order valence-electron chi connectivity index (χ1n) is 7.78. The molecule has 2 atom stereocenters. The van der Waals surface area contributed by atoms with Crippen LogP contribution in [0.1, 0.15) is 41.8 Å². The average molecular weight is 462 g/mol. The van der Waals surface area contributed by atoms with Gasteiger partial charge < -0.3 is 9.73 Å². The molecule has 1 aliphatic heterocycles. The van der Waals surface area contributed by atoms with E-state index in [1.807, 2.05) is 6.92 Å². The molecular weight excluding hydrogens is 444 g/mol. The van der Waals surface area contributed by atoms with Gasteiger partial charge in [-0.15, -0.1) is 24.0 Å². The van der Waals surface area contributed by atoms with Crippen molar-refractivity contribution in [1.82, 2.24) is 10.3 Å².